The maximum absolute atomic E-state index is 11.3. The molecule has 3 nitrogen and oxygen atoms in total. The number of aryl methyl sites for hydroxylation is 1. The number of ether oxygens (including phenoxy) is 1. The molecule has 20 heavy (non-hydrogen) atoms. The Morgan fingerprint density at radius 2 is 2.05 bits per heavy atom. The average molecular weight is 295 g/mol. The van der Waals surface area contributed by atoms with E-state index in [2.05, 4.69) is 51.2 Å². The number of esters is 1. The summed E-state index contributed by atoms with van der Waals surface area (Å²) >= 11 is 1.52. The molecule has 1 rings (SSSR count). The molecule has 0 aliphatic heterocycles. The number of hydrogen-bond donors (Lipinski definition) is 1. The van der Waals surface area contributed by atoms with Crippen LogP contribution in [0, 0.1) is 6.92 Å². The van der Waals surface area contributed by atoms with Crippen molar-refractivity contribution in [2.24, 2.45) is 0 Å². The second-order valence-electron chi connectivity index (χ2n) is 5.79. The second kappa shape index (κ2) is 7.70. The third-order valence-corrected chi connectivity index (χ3v) is 3.75. The van der Waals surface area contributed by atoms with Gasteiger partial charge in [-0.25, -0.2) is 0 Å². The Balaban J connectivity index is 2.57. The van der Waals surface area contributed by atoms with Gasteiger partial charge in [-0.15, -0.1) is 11.8 Å². The lowest BCUT2D eigenvalue weighted by molar-refractivity contribution is -0.139. The second-order valence-corrected chi connectivity index (χ2v) is 6.83. The topological polar surface area (TPSA) is 38.3 Å². The fraction of sp³-hybridized carbons (Fsp3) is 0.562. The van der Waals surface area contributed by atoms with Crippen LogP contribution in [0.2, 0.25) is 0 Å². The van der Waals surface area contributed by atoms with Crippen LogP contribution >= 0.6 is 11.8 Å². The molecule has 0 amide bonds. The molecule has 4 heteroatoms. The minimum Gasteiger partial charge on any atom is -0.465 e. The van der Waals surface area contributed by atoms with E-state index in [0.717, 1.165) is 11.4 Å². The first-order chi connectivity index (χ1) is 9.31. The molecule has 0 unspecified atom stereocenters. The van der Waals surface area contributed by atoms with Crippen LogP contribution in [0.25, 0.3) is 0 Å². The summed E-state index contributed by atoms with van der Waals surface area (Å²) in [6.07, 6.45) is 0. The van der Waals surface area contributed by atoms with E-state index in [1.54, 1.807) is 0 Å². The lowest BCUT2D eigenvalue weighted by Crippen LogP contribution is -2.35. The maximum atomic E-state index is 11.3. The molecule has 0 saturated carbocycles. The van der Waals surface area contributed by atoms with E-state index in [9.17, 15) is 4.79 Å². The predicted octanol–water partition coefficient (Wildman–Crippen LogP) is 3.54. The molecule has 1 aromatic rings. The highest BCUT2D eigenvalue weighted by atomic mass is 32.2. The van der Waals surface area contributed by atoms with Gasteiger partial charge in [0.15, 0.2) is 0 Å². The van der Waals surface area contributed by atoms with E-state index in [1.165, 1.54) is 22.9 Å². The molecular weight excluding hydrogens is 270 g/mol. The highest BCUT2D eigenvalue weighted by Gasteiger charge is 2.10. The number of carbonyl (C=O) groups is 1. The normalized spacial score (nSPS) is 11.4. The summed E-state index contributed by atoms with van der Waals surface area (Å²) in [5, 5.41) is 3.48. The molecule has 0 atom stereocenters. The minimum atomic E-state index is -0.159. The Bertz CT molecular complexity index is 452. The van der Waals surface area contributed by atoms with Crippen molar-refractivity contribution in [2.75, 3.05) is 12.4 Å². The first-order valence-corrected chi connectivity index (χ1v) is 7.93. The van der Waals surface area contributed by atoms with Gasteiger partial charge in [-0.3, -0.25) is 4.79 Å². The van der Waals surface area contributed by atoms with Crippen molar-refractivity contribution in [3.8, 4) is 0 Å². The molecule has 0 aliphatic carbocycles. The SMILES string of the molecule is CCOC(=O)CSc1ccc(CNC(C)(C)C)c(C)c1. The van der Waals surface area contributed by atoms with Crippen LogP contribution in [0.15, 0.2) is 23.1 Å². The minimum absolute atomic E-state index is 0.115. The zero-order valence-corrected chi connectivity index (χ0v) is 13.9. The summed E-state index contributed by atoms with van der Waals surface area (Å²) < 4.78 is 4.92. The molecule has 0 spiro atoms. The molecule has 0 radical (unpaired) electrons. The standard InChI is InChI=1S/C16H25NO2S/c1-6-19-15(18)11-20-14-8-7-13(12(2)9-14)10-17-16(3,4)5/h7-9,17H,6,10-11H2,1-5H3. The van der Waals surface area contributed by atoms with Crippen LogP contribution < -0.4 is 5.32 Å². The van der Waals surface area contributed by atoms with Gasteiger partial charge in [0.05, 0.1) is 12.4 Å². The zero-order valence-electron chi connectivity index (χ0n) is 13.1. The van der Waals surface area contributed by atoms with Gasteiger partial charge < -0.3 is 10.1 Å². The summed E-state index contributed by atoms with van der Waals surface area (Å²) in [6, 6.07) is 6.32. The fourth-order valence-corrected chi connectivity index (χ4v) is 2.45. The van der Waals surface area contributed by atoms with Crippen LogP contribution in [0.1, 0.15) is 38.8 Å². The highest BCUT2D eigenvalue weighted by molar-refractivity contribution is 8.00. The van der Waals surface area contributed by atoms with Crippen LogP contribution in [-0.4, -0.2) is 23.9 Å². The van der Waals surface area contributed by atoms with E-state index < -0.39 is 0 Å². The van der Waals surface area contributed by atoms with Crippen molar-refractivity contribution < 1.29 is 9.53 Å². The molecule has 0 aliphatic rings. The smallest absolute Gasteiger partial charge is 0.316 e. The van der Waals surface area contributed by atoms with E-state index in [1.807, 2.05) is 6.92 Å². The average Bonchev–Trinajstić information content (AvgIpc) is 2.34. The molecule has 1 N–H and O–H groups in total. The summed E-state index contributed by atoms with van der Waals surface area (Å²) in [7, 11) is 0. The van der Waals surface area contributed by atoms with Crippen LogP contribution in [0.5, 0.6) is 0 Å². The van der Waals surface area contributed by atoms with Crippen LogP contribution in [-0.2, 0) is 16.1 Å². The fourth-order valence-electron chi connectivity index (χ4n) is 1.66. The van der Waals surface area contributed by atoms with E-state index in [4.69, 9.17) is 4.74 Å². The van der Waals surface area contributed by atoms with Crippen molar-refractivity contribution in [1.82, 2.24) is 5.32 Å². The molecule has 0 bridgehead atoms. The highest BCUT2D eigenvalue weighted by Crippen LogP contribution is 2.22. The zero-order chi connectivity index (χ0) is 15.2. The van der Waals surface area contributed by atoms with Crippen LogP contribution in [0.3, 0.4) is 0 Å². The van der Waals surface area contributed by atoms with E-state index in [-0.39, 0.29) is 11.5 Å². The largest absolute Gasteiger partial charge is 0.465 e. The summed E-state index contributed by atoms with van der Waals surface area (Å²) in [5.74, 6) is 0.209. The number of rotatable bonds is 6. The summed E-state index contributed by atoms with van der Waals surface area (Å²) in [5.41, 5.74) is 2.65. The maximum Gasteiger partial charge on any atom is 0.316 e. The van der Waals surface area contributed by atoms with Gasteiger partial charge in [-0.1, -0.05) is 6.07 Å². The Kier molecular flexibility index (Phi) is 6.56. The Morgan fingerprint density at radius 1 is 1.35 bits per heavy atom. The number of hydrogen-bond acceptors (Lipinski definition) is 4. The molecule has 0 aromatic heterocycles. The first kappa shape index (κ1) is 17.1. The Morgan fingerprint density at radius 3 is 2.60 bits per heavy atom. The summed E-state index contributed by atoms with van der Waals surface area (Å²) in [6.45, 7) is 11.7. The van der Waals surface area contributed by atoms with Gasteiger partial charge in [0.25, 0.3) is 0 Å². The Hall–Kier alpha value is -1.00. The molecule has 0 heterocycles. The first-order valence-electron chi connectivity index (χ1n) is 6.95. The van der Waals surface area contributed by atoms with Gasteiger partial charge >= 0.3 is 5.97 Å². The van der Waals surface area contributed by atoms with Gasteiger partial charge in [-0.2, -0.15) is 0 Å². The van der Waals surface area contributed by atoms with E-state index >= 15 is 0 Å². The molecule has 112 valence electrons. The van der Waals surface area contributed by atoms with Gasteiger partial charge in [0.2, 0.25) is 0 Å². The van der Waals surface area contributed by atoms with Gasteiger partial charge in [0.1, 0.15) is 0 Å². The molecule has 0 fully saturated rings. The van der Waals surface area contributed by atoms with Crippen molar-refractivity contribution in [1.29, 1.82) is 0 Å². The van der Waals surface area contributed by atoms with Crippen molar-refractivity contribution >= 4 is 17.7 Å². The number of carbonyl (C=O) groups excluding carboxylic acids is 1. The molecule has 0 saturated heterocycles. The Labute approximate surface area is 126 Å². The lowest BCUT2D eigenvalue weighted by atomic mass is 10.1. The van der Waals surface area contributed by atoms with Gasteiger partial charge in [0, 0.05) is 17.0 Å². The monoisotopic (exact) mass is 295 g/mol. The molecular formula is C16H25NO2S. The number of nitrogens with one attached hydrogen (secondary N) is 1. The van der Waals surface area contributed by atoms with Crippen molar-refractivity contribution in [3.05, 3.63) is 29.3 Å². The summed E-state index contributed by atoms with van der Waals surface area (Å²) in [4.78, 5) is 12.4. The van der Waals surface area contributed by atoms with Gasteiger partial charge in [-0.05, 0) is 57.9 Å². The third kappa shape index (κ3) is 6.44. The molecule has 1 aromatic carbocycles. The lowest BCUT2D eigenvalue weighted by Gasteiger charge is -2.21. The van der Waals surface area contributed by atoms with Crippen molar-refractivity contribution in [3.63, 3.8) is 0 Å². The predicted molar refractivity (Wildman–Crippen MR) is 85.1 cm³/mol. The number of benzene rings is 1. The van der Waals surface area contributed by atoms with E-state index in [0.29, 0.717) is 12.4 Å². The van der Waals surface area contributed by atoms with Crippen molar-refractivity contribution in [2.45, 2.75) is 51.6 Å². The quantitative estimate of drug-likeness (QED) is 0.643. The van der Waals surface area contributed by atoms with Crippen LogP contribution in [0.4, 0.5) is 0 Å². The number of thioether (sulfide) groups is 1. The third-order valence-electron chi connectivity index (χ3n) is 2.79.